The summed E-state index contributed by atoms with van der Waals surface area (Å²) in [6, 6.07) is 14.5. The van der Waals surface area contributed by atoms with E-state index in [0.717, 1.165) is 5.56 Å². The minimum absolute atomic E-state index is 0.0674. The maximum atomic E-state index is 10.8. The van der Waals surface area contributed by atoms with Gasteiger partial charge in [-0.05, 0) is 31.0 Å². The van der Waals surface area contributed by atoms with Gasteiger partial charge in [-0.2, -0.15) is 0 Å². The monoisotopic (exact) mass is 301 g/mol. The first-order chi connectivity index (χ1) is 11.9. The lowest BCUT2D eigenvalue weighted by Gasteiger charge is -2.28. The second-order valence-electron chi connectivity index (χ2n) is 4.99. The van der Waals surface area contributed by atoms with E-state index < -0.39 is 11.0 Å². The lowest BCUT2D eigenvalue weighted by atomic mass is 10.00. The average Bonchev–Trinajstić information content (AvgIpc) is 2.62. The van der Waals surface area contributed by atoms with Crippen LogP contribution in [0.5, 0.6) is 0 Å². The number of hydrogen-bond donors (Lipinski definition) is 1. The Morgan fingerprint density at radius 3 is 2.59 bits per heavy atom. The topological polar surface area (TPSA) is 66.6 Å². The molecular formula is C17H18N2O3. The van der Waals surface area contributed by atoms with Crippen LogP contribution in [0.2, 0.25) is 1.43 Å². The Labute approximate surface area is 133 Å². The van der Waals surface area contributed by atoms with Crippen LogP contribution >= 0.6 is 0 Å². The minimum Gasteiger partial charge on any atom is -0.288 e. The quantitative estimate of drug-likeness (QED) is 0.477. The maximum Gasteiger partial charge on any atom is 0.269 e. The van der Waals surface area contributed by atoms with Crippen LogP contribution in [0.15, 0.2) is 66.7 Å². The predicted molar refractivity (Wildman–Crippen MR) is 86.1 cm³/mol. The maximum absolute atomic E-state index is 10.8. The number of non-ortho nitro benzene ring substituents is 1. The summed E-state index contributed by atoms with van der Waals surface area (Å²) in [4.78, 5) is 10.3. The van der Waals surface area contributed by atoms with Crippen LogP contribution in [0.1, 0.15) is 15.2 Å². The first-order valence-electron chi connectivity index (χ1n) is 8.19. The molecule has 0 bridgehead atoms. The van der Waals surface area contributed by atoms with E-state index in [2.05, 4.69) is 0 Å². The number of anilines is 1. The Balaban J connectivity index is 2.38. The number of hydroxylamine groups is 1. The third kappa shape index (κ3) is 3.71. The van der Waals surface area contributed by atoms with E-state index in [1.165, 1.54) is 29.3 Å². The van der Waals surface area contributed by atoms with Gasteiger partial charge in [0.05, 0.1) is 19.4 Å². The number of nitrogens with zero attached hydrogens (tertiary/aromatic N) is 2. The van der Waals surface area contributed by atoms with Crippen molar-refractivity contribution in [2.75, 3.05) is 5.06 Å². The molecule has 1 unspecified atom stereocenters. The van der Waals surface area contributed by atoms with Crippen molar-refractivity contribution >= 4 is 11.4 Å². The third-order valence-corrected chi connectivity index (χ3v) is 3.37. The molecule has 0 spiro atoms. The van der Waals surface area contributed by atoms with Crippen molar-refractivity contribution in [1.29, 1.82) is 0 Å². The van der Waals surface area contributed by atoms with Crippen molar-refractivity contribution in [2.24, 2.45) is 0 Å². The predicted octanol–water partition coefficient (Wildman–Crippen LogP) is 3.98. The van der Waals surface area contributed by atoms with Gasteiger partial charge in [-0.25, -0.2) is 5.06 Å². The van der Waals surface area contributed by atoms with Gasteiger partial charge in [-0.15, -0.1) is 0 Å². The molecule has 2 aromatic carbocycles. The van der Waals surface area contributed by atoms with Crippen molar-refractivity contribution in [3.63, 3.8) is 0 Å². The molecule has 114 valence electrons. The standard InChI is InChI=1S/C17H18N2O3/c1-13(2)17(12-14-6-4-3-5-7-14)18(20)15-8-10-16(11-9-15)19(21)22/h3-11,17,20H,1,12H2,2H3/i1D2,20D. The fourth-order valence-corrected chi connectivity index (χ4v) is 2.15. The summed E-state index contributed by atoms with van der Waals surface area (Å²) < 4.78 is 22.6. The van der Waals surface area contributed by atoms with E-state index >= 15 is 0 Å². The number of rotatable bonds is 7. The van der Waals surface area contributed by atoms with Gasteiger partial charge in [0, 0.05) is 12.1 Å². The molecule has 5 heteroatoms. The van der Waals surface area contributed by atoms with E-state index in [1.54, 1.807) is 6.92 Å². The van der Waals surface area contributed by atoms with Crippen molar-refractivity contribution in [3.05, 3.63) is 82.4 Å². The van der Waals surface area contributed by atoms with E-state index in [1.807, 2.05) is 30.3 Å². The lowest BCUT2D eigenvalue weighted by molar-refractivity contribution is -0.384. The Bertz CT molecular complexity index is 747. The van der Waals surface area contributed by atoms with Crippen molar-refractivity contribution in [1.82, 2.24) is 0 Å². The number of nitro benzene ring substituents is 1. The van der Waals surface area contributed by atoms with E-state index in [0.29, 0.717) is 17.7 Å². The molecule has 2 aromatic rings. The van der Waals surface area contributed by atoms with E-state index in [-0.39, 0.29) is 12.2 Å². The molecule has 0 fully saturated rings. The van der Waals surface area contributed by atoms with Gasteiger partial charge in [0.1, 0.15) is 0 Å². The molecule has 2 rings (SSSR count). The van der Waals surface area contributed by atoms with Crippen LogP contribution in [0.25, 0.3) is 0 Å². The van der Waals surface area contributed by atoms with Crippen LogP contribution in [-0.2, 0) is 6.42 Å². The zero-order valence-corrected chi connectivity index (χ0v) is 12.1. The van der Waals surface area contributed by atoms with Gasteiger partial charge >= 0.3 is 0 Å². The molecule has 0 aliphatic carbocycles. The van der Waals surface area contributed by atoms with Crippen LogP contribution in [0, 0.1) is 10.1 Å². The second-order valence-corrected chi connectivity index (χ2v) is 4.99. The van der Waals surface area contributed by atoms with Gasteiger partial charge in [0.25, 0.3) is 5.69 Å². The zero-order chi connectivity index (χ0) is 18.4. The van der Waals surface area contributed by atoms with Gasteiger partial charge in [0.15, 0.2) is 0 Å². The molecule has 0 aliphatic rings. The molecule has 1 atom stereocenters. The highest BCUT2D eigenvalue weighted by molar-refractivity contribution is 5.50. The Kier molecular flexibility index (Phi) is 3.73. The molecular weight excluding hydrogens is 280 g/mol. The van der Waals surface area contributed by atoms with Crippen molar-refractivity contribution in [3.8, 4) is 0 Å². The van der Waals surface area contributed by atoms with Gasteiger partial charge in [-0.3, -0.25) is 15.3 Å². The Morgan fingerprint density at radius 1 is 1.36 bits per heavy atom. The van der Waals surface area contributed by atoms with Crippen LogP contribution in [0.3, 0.4) is 0 Å². The summed E-state index contributed by atoms with van der Waals surface area (Å²) in [5.74, 6) is 0. The fraction of sp³-hybridized carbons (Fsp3) is 0.176. The third-order valence-electron chi connectivity index (χ3n) is 3.37. The van der Waals surface area contributed by atoms with Crippen molar-refractivity contribution < 1.29 is 14.3 Å². The summed E-state index contributed by atoms with van der Waals surface area (Å²) in [6.07, 6.45) is 0.420. The fourth-order valence-electron chi connectivity index (χ4n) is 2.15. The highest BCUT2D eigenvalue weighted by Gasteiger charge is 2.19. The molecule has 5 nitrogen and oxygen atoms in total. The minimum atomic E-state index is -0.564. The zero-order valence-electron chi connectivity index (χ0n) is 15.1. The largest absolute Gasteiger partial charge is 0.288 e. The summed E-state index contributed by atoms with van der Waals surface area (Å²) in [5, 5.41) is 16.8. The average molecular weight is 301 g/mol. The molecule has 1 N–H and O–H groups in total. The highest BCUT2D eigenvalue weighted by Crippen LogP contribution is 2.23. The first-order valence-corrected chi connectivity index (χ1v) is 6.79. The van der Waals surface area contributed by atoms with Crippen LogP contribution < -0.4 is 5.06 Å². The van der Waals surface area contributed by atoms with Gasteiger partial charge in [0.2, 0.25) is 1.43 Å². The summed E-state index contributed by atoms with van der Waals surface area (Å²) in [6.45, 7) is 1.28. The van der Waals surface area contributed by atoms with E-state index in [4.69, 9.17) is 9.38 Å². The molecule has 0 radical (unpaired) electrons. The number of hydrogen-bond acceptors (Lipinski definition) is 4. The smallest absolute Gasteiger partial charge is 0.269 e. The van der Waals surface area contributed by atoms with E-state index in [9.17, 15) is 10.1 Å². The Morgan fingerprint density at radius 2 is 2.05 bits per heavy atom. The van der Waals surface area contributed by atoms with Crippen LogP contribution in [-0.4, -0.2) is 16.2 Å². The van der Waals surface area contributed by atoms with Crippen LogP contribution in [0.4, 0.5) is 11.4 Å². The molecule has 0 aromatic heterocycles. The molecule has 0 saturated carbocycles. The summed E-state index contributed by atoms with van der Waals surface area (Å²) >= 11 is 0. The van der Waals surface area contributed by atoms with Gasteiger partial charge < -0.3 is 0 Å². The Hall–Kier alpha value is -2.66. The molecule has 0 saturated heterocycles. The lowest BCUT2D eigenvalue weighted by Crippen LogP contribution is -2.34. The van der Waals surface area contributed by atoms with Gasteiger partial charge in [-0.1, -0.05) is 42.4 Å². The molecule has 0 heterocycles. The molecule has 0 aliphatic heterocycles. The SMILES string of the molecule is [2H]ON(c1ccc([N+](=O)[O-])cc1)C(Cc1ccccc1)C(C)=C([2H])[2H]. The van der Waals surface area contributed by atoms with Crippen molar-refractivity contribution in [2.45, 2.75) is 19.4 Å². The summed E-state index contributed by atoms with van der Waals surface area (Å²) in [5.41, 5.74) is 1.75. The number of benzene rings is 2. The summed E-state index contributed by atoms with van der Waals surface area (Å²) in [7, 11) is 0. The first kappa shape index (κ1) is 11.9. The normalized spacial score (nSPS) is 13.4. The number of nitro groups is 1. The highest BCUT2D eigenvalue weighted by atomic mass is 16.6. The second kappa shape index (κ2) is 6.87. The molecule has 0 amide bonds. The molecule has 22 heavy (non-hydrogen) atoms.